The smallest absolute Gasteiger partial charge is 0.0754 e. The Bertz CT molecular complexity index is 385. The SMILES string of the molecule is CC1OCCC1n1ccc2c1CCCC2N. The Morgan fingerprint density at radius 1 is 1.44 bits per heavy atom. The van der Waals surface area contributed by atoms with Crippen LogP contribution in [0.1, 0.15) is 49.5 Å². The summed E-state index contributed by atoms with van der Waals surface area (Å²) in [5, 5.41) is 0. The summed E-state index contributed by atoms with van der Waals surface area (Å²) in [5.74, 6) is 0. The summed E-state index contributed by atoms with van der Waals surface area (Å²) >= 11 is 0. The molecule has 1 aliphatic carbocycles. The second kappa shape index (κ2) is 3.90. The molecule has 3 unspecified atom stereocenters. The molecule has 0 aromatic carbocycles. The lowest BCUT2D eigenvalue weighted by molar-refractivity contribution is 0.107. The van der Waals surface area contributed by atoms with Crippen molar-refractivity contribution in [1.29, 1.82) is 0 Å². The van der Waals surface area contributed by atoms with Crippen LogP contribution in [0.15, 0.2) is 12.3 Å². The number of rotatable bonds is 1. The largest absolute Gasteiger partial charge is 0.376 e. The van der Waals surface area contributed by atoms with Crippen LogP contribution in [0.4, 0.5) is 0 Å². The molecule has 1 aliphatic heterocycles. The number of fused-ring (bicyclic) bond motifs is 1. The molecule has 88 valence electrons. The zero-order valence-corrected chi connectivity index (χ0v) is 9.86. The standard InChI is InChI=1S/C13H20N2O/c1-9-12(6-8-16-9)15-7-5-10-11(14)3-2-4-13(10)15/h5,7,9,11-12H,2-4,6,8,14H2,1H3. The Labute approximate surface area is 96.6 Å². The van der Waals surface area contributed by atoms with E-state index in [1.54, 1.807) is 0 Å². The van der Waals surface area contributed by atoms with Crippen LogP contribution < -0.4 is 5.73 Å². The van der Waals surface area contributed by atoms with Crippen LogP contribution in [0, 0.1) is 0 Å². The average Bonchev–Trinajstić information content (AvgIpc) is 2.84. The average molecular weight is 220 g/mol. The molecule has 3 atom stereocenters. The van der Waals surface area contributed by atoms with Crippen LogP contribution in [0.25, 0.3) is 0 Å². The van der Waals surface area contributed by atoms with E-state index in [1.165, 1.54) is 24.1 Å². The van der Waals surface area contributed by atoms with E-state index in [0.717, 1.165) is 19.4 Å². The van der Waals surface area contributed by atoms with Crippen molar-refractivity contribution in [3.05, 3.63) is 23.5 Å². The highest BCUT2D eigenvalue weighted by molar-refractivity contribution is 5.29. The Balaban J connectivity index is 1.96. The molecule has 0 spiro atoms. The van der Waals surface area contributed by atoms with E-state index < -0.39 is 0 Å². The summed E-state index contributed by atoms with van der Waals surface area (Å²) in [6.07, 6.45) is 7.23. The molecule has 1 fully saturated rings. The Kier molecular flexibility index (Phi) is 2.52. The van der Waals surface area contributed by atoms with E-state index in [4.69, 9.17) is 10.5 Å². The van der Waals surface area contributed by atoms with E-state index in [9.17, 15) is 0 Å². The third kappa shape index (κ3) is 1.50. The zero-order chi connectivity index (χ0) is 11.1. The molecule has 0 radical (unpaired) electrons. The molecule has 0 amide bonds. The van der Waals surface area contributed by atoms with Crippen molar-refractivity contribution in [2.45, 2.75) is 50.8 Å². The minimum absolute atomic E-state index is 0.252. The first-order chi connectivity index (χ1) is 7.77. The molecule has 2 N–H and O–H groups in total. The van der Waals surface area contributed by atoms with Gasteiger partial charge in [-0.25, -0.2) is 0 Å². The predicted molar refractivity (Wildman–Crippen MR) is 63.4 cm³/mol. The van der Waals surface area contributed by atoms with Crippen LogP contribution in [-0.2, 0) is 11.2 Å². The Morgan fingerprint density at radius 3 is 3.06 bits per heavy atom. The van der Waals surface area contributed by atoms with Gasteiger partial charge in [-0.15, -0.1) is 0 Å². The third-order valence-electron chi connectivity index (χ3n) is 4.08. The molecule has 0 bridgehead atoms. The highest BCUT2D eigenvalue weighted by Crippen LogP contribution is 2.34. The summed E-state index contributed by atoms with van der Waals surface area (Å²) < 4.78 is 8.08. The van der Waals surface area contributed by atoms with Gasteiger partial charge in [-0.3, -0.25) is 0 Å². The van der Waals surface area contributed by atoms with Crippen molar-refractivity contribution in [2.24, 2.45) is 5.73 Å². The highest BCUT2D eigenvalue weighted by atomic mass is 16.5. The molecule has 3 rings (SSSR count). The van der Waals surface area contributed by atoms with Crippen LogP contribution in [0.2, 0.25) is 0 Å². The maximum atomic E-state index is 6.15. The Morgan fingerprint density at radius 2 is 2.31 bits per heavy atom. The molecule has 16 heavy (non-hydrogen) atoms. The second-order valence-electron chi connectivity index (χ2n) is 5.06. The summed E-state index contributed by atoms with van der Waals surface area (Å²) in [6.45, 7) is 3.07. The molecule has 1 saturated heterocycles. The number of hydrogen-bond donors (Lipinski definition) is 1. The van der Waals surface area contributed by atoms with Crippen molar-refractivity contribution >= 4 is 0 Å². The molecular formula is C13H20N2O. The second-order valence-corrected chi connectivity index (χ2v) is 5.06. The van der Waals surface area contributed by atoms with Crippen LogP contribution in [0.5, 0.6) is 0 Å². The minimum Gasteiger partial charge on any atom is -0.376 e. The summed E-state index contributed by atoms with van der Waals surface area (Å²) in [5.41, 5.74) is 8.97. The van der Waals surface area contributed by atoms with Crippen molar-refractivity contribution < 1.29 is 4.74 Å². The molecule has 1 aromatic heterocycles. The maximum absolute atomic E-state index is 6.15. The summed E-state index contributed by atoms with van der Waals surface area (Å²) in [4.78, 5) is 0. The normalized spacial score (nSPS) is 34.0. The molecule has 3 nitrogen and oxygen atoms in total. The van der Waals surface area contributed by atoms with Gasteiger partial charge in [0.05, 0.1) is 12.1 Å². The van der Waals surface area contributed by atoms with Gasteiger partial charge in [0.2, 0.25) is 0 Å². The first-order valence-corrected chi connectivity index (χ1v) is 6.34. The van der Waals surface area contributed by atoms with Gasteiger partial charge in [-0.2, -0.15) is 0 Å². The number of hydrogen-bond acceptors (Lipinski definition) is 2. The van der Waals surface area contributed by atoms with Crippen LogP contribution in [0.3, 0.4) is 0 Å². The molecule has 3 heteroatoms. The van der Waals surface area contributed by atoms with Gasteiger partial charge in [0.25, 0.3) is 0 Å². The molecule has 1 aromatic rings. The van der Waals surface area contributed by atoms with Gasteiger partial charge < -0.3 is 15.0 Å². The fraction of sp³-hybridized carbons (Fsp3) is 0.692. The summed E-state index contributed by atoms with van der Waals surface area (Å²) in [6, 6.07) is 2.99. The van der Waals surface area contributed by atoms with E-state index in [2.05, 4.69) is 23.8 Å². The molecular weight excluding hydrogens is 200 g/mol. The lowest BCUT2D eigenvalue weighted by Gasteiger charge is -2.25. The van der Waals surface area contributed by atoms with Crippen molar-refractivity contribution in [3.63, 3.8) is 0 Å². The van der Waals surface area contributed by atoms with Crippen LogP contribution >= 0.6 is 0 Å². The summed E-state index contributed by atoms with van der Waals surface area (Å²) in [7, 11) is 0. The lowest BCUT2D eigenvalue weighted by Crippen LogP contribution is -2.22. The quantitative estimate of drug-likeness (QED) is 0.788. The van der Waals surface area contributed by atoms with Crippen molar-refractivity contribution in [1.82, 2.24) is 4.57 Å². The van der Waals surface area contributed by atoms with Gasteiger partial charge in [-0.1, -0.05) is 0 Å². The Hall–Kier alpha value is -0.800. The minimum atomic E-state index is 0.252. The van der Waals surface area contributed by atoms with Gasteiger partial charge in [0, 0.05) is 24.5 Å². The van der Waals surface area contributed by atoms with Crippen molar-refractivity contribution in [3.8, 4) is 0 Å². The van der Waals surface area contributed by atoms with Crippen molar-refractivity contribution in [2.75, 3.05) is 6.61 Å². The maximum Gasteiger partial charge on any atom is 0.0754 e. The van der Waals surface area contributed by atoms with Gasteiger partial charge in [0.1, 0.15) is 0 Å². The highest BCUT2D eigenvalue weighted by Gasteiger charge is 2.29. The first kappa shape index (κ1) is 10.4. The fourth-order valence-electron chi connectivity index (χ4n) is 3.15. The number of nitrogens with zero attached hydrogens (tertiary/aromatic N) is 1. The lowest BCUT2D eigenvalue weighted by atomic mass is 9.93. The van der Waals surface area contributed by atoms with E-state index in [1.807, 2.05) is 0 Å². The molecule has 0 saturated carbocycles. The predicted octanol–water partition coefficient (Wildman–Crippen LogP) is 2.17. The van der Waals surface area contributed by atoms with Gasteiger partial charge >= 0.3 is 0 Å². The third-order valence-corrected chi connectivity index (χ3v) is 4.08. The first-order valence-electron chi connectivity index (χ1n) is 6.34. The monoisotopic (exact) mass is 220 g/mol. The molecule has 2 heterocycles. The number of ether oxygens (including phenoxy) is 1. The van der Waals surface area contributed by atoms with E-state index in [-0.39, 0.29) is 6.04 Å². The van der Waals surface area contributed by atoms with E-state index in [0.29, 0.717) is 12.1 Å². The molecule has 2 aliphatic rings. The fourth-order valence-corrected chi connectivity index (χ4v) is 3.15. The number of nitrogens with two attached hydrogens (primary N) is 1. The van der Waals surface area contributed by atoms with Crippen LogP contribution in [-0.4, -0.2) is 17.3 Å². The van der Waals surface area contributed by atoms with Gasteiger partial charge in [-0.05, 0) is 44.2 Å². The zero-order valence-electron chi connectivity index (χ0n) is 9.86. The topological polar surface area (TPSA) is 40.2 Å². The number of aromatic nitrogens is 1. The van der Waals surface area contributed by atoms with Gasteiger partial charge in [0.15, 0.2) is 0 Å². The van der Waals surface area contributed by atoms with E-state index >= 15 is 0 Å².